The largest absolute Gasteiger partial charge is 0.464 e. The predicted molar refractivity (Wildman–Crippen MR) is 133 cm³/mol. The van der Waals surface area contributed by atoms with Gasteiger partial charge in [-0.05, 0) is 45.2 Å². The second kappa shape index (κ2) is 11.8. The number of carbonyl (C=O) groups excluding carboxylic acids is 3. The number of hydrogen-bond acceptors (Lipinski definition) is 8. The molecule has 2 fully saturated rings. The SMILES string of the molecule is CC(N)C(=O)CC(Cc1cnc[nH]1)C(=O)OCC(C(=O)OC1CC2CC[C@H](C1)N2C)c1ccccc1. The number of aromatic nitrogens is 2. The zero-order valence-electron chi connectivity index (χ0n) is 21.0. The van der Waals surface area contributed by atoms with Gasteiger partial charge < -0.3 is 25.1 Å². The molecule has 1 aromatic heterocycles. The third-order valence-electron chi connectivity index (χ3n) is 7.53. The lowest BCUT2D eigenvalue weighted by molar-refractivity contribution is -0.159. The van der Waals surface area contributed by atoms with Gasteiger partial charge in [-0.1, -0.05) is 30.3 Å². The molecule has 5 unspecified atom stereocenters. The molecule has 1 aromatic carbocycles. The summed E-state index contributed by atoms with van der Waals surface area (Å²) in [5.41, 5.74) is 7.17. The smallest absolute Gasteiger partial charge is 0.317 e. The van der Waals surface area contributed by atoms with E-state index < -0.39 is 23.8 Å². The fourth-order valence-electron chi connectivity index (χ4n) is 5.30. The minimum atomic E-state index is -0.746. The number of ketones is 1. The van der Waals surface area contributed by atoms with E-state index in [0.29, 0.717) is 17.8 Å². The highest BCUT2D eigenvalue weighted by Crippen LogP contribution is 2.36. The van der Waals surface area contributed by atoms with Crippen LogP contribution >= 0.6 is 0 Å². The molecule has 2 aliphatic rings. The molecule has 0 radical (unpaired) electrons. The first-order valence-corrected chi connectivity index (χ1v) is 12.7. The fourth-order valence-corrected chi connectivity index (χ4v) is 5.30. The molecule has 3 heterocycles. The standard InChI is InChI=1S/C27H36N4O5/c1-17(28)25(32)11-19(10-20-14-29-16-30-20)26(33)35-15-24(18-6-4-3-5-7-18)27(34)36-23-12-21-8-9-22(13-23)31(21)2/h3-7,14,16-17,19,21-24H,8-13,15,28H2,1-2H3,(H,29,30)/t17?,19?,21-,22?,23?,24?/m1/s1. The molecule has 0 amide bonds. The van der Waals surface area contributed by atoms with Crippen LogP contribution in [-0.2, 0) is 30.3 Å². The molecule has 4 rings (SSSR count). The summed E-state index contributed by atoms with van der Waals surface area (Å²) in [6, 6.07) is 9.43. The van der Waals surface area contributed by atoms with Crippen molar-refractivity contribution in [3.63, 3.8) is 0 Å². The van der Waals surface area contributed by atoms with E-state index in [1.54, 1.807) is 13.1 Å². The average molecular weight is 497 g/mol. The Kier molecular flexibility index (Phi) is 8.53. The number of Topliss-reactive ketones (excluding diaryl/α,β-unsaturated/α-hetero) is 1. The molecule has 36 heavy (non-hydrogen) atoms. The van der Waals surface area contributed by atoms with Gasteiger partial charge in [0.25, 0.3) is 0 Å². The molecule has 0 aliphatic carbocycles. The van der Waals surface area contributed by atoms with Crippen LogP contribution in [0.15, 0.2) is 42.9 Å². The van der Waals surface area contributed by atoms with E-state index in [9.17, 15) is 14.4 Å². The van der Waals surface area contributed by atoms with Gasteiger partial charge in [0.05, 0.1) is 18.3 Å². The Balaban J connectivity index is 1.43. The Labute approximate surface area is 211 Å². The van der Waals surface area contributed by atoms with Gasteiger partial charge in [-0.15, -0.1) is 0 Å². The molecule has 9 nitrogen and oxygen atoms in total. The summed E-state index contributed by atoms with van der Waals surface area (Å²) in [5, 5.41) is 0. The number of H-pyrrole nitrogens is 1. The van der Waals surface area contributed by atoms with Crippen LogP contribution in [0.3, 0.4) is 0 Å². The van der Waals surface area contributed by atoms with Gasteiger partial charge in [-0.25, -0.2) is 4.98 Å². The third-order valence-corrected chi connectivity index (χ3v) is 7.53. The number of carbonyl (C=O) groups is 3. The van der Waals surface area contributed by atoms with E-state index in [0.717, 1.165) is 31.2 Å². The Morgan fingerprint density at radius 1 is 1.14 bits per heavy atom. The van der Waals surface area contributed by atoms with Crippen molar-refractivity contribution in [2.75, 3.05) is 13.7 Å². The molecule has 6 atom stereocenters. The predicted octanol–water partition coefficient (Wildman–Crippen LogP) is 2.37. The number of nitrogens with two attached hydrogens (primary N) is 1. The van der Waals surface area contributed by atoms with Gasteiger partial charge in [-0.3, -0.25) is 14.4 Å². The van der Waals surface area contributed by atoms with Gasteiger partial charge in [-0.2, -0.15) is 0 Å². The van der Waals surface area contributed by atoms with Crippen molar-refractivity contribution in [1.82, 2.24) is 14.9 Å². The first-order valence-electron chi connectivity index (χ1n) is 12.7. The Morgan fingerprint density at radius 2 is 1.83 bits per heavy atom. The molecule has 2 aliphatic heterocycles. The summed E-state index contributed by atoms with van der Waals surface area (Å²) in [6.45, 7) is 1.44. The number of benzene rings is 1. The van der Waals surface area contributed by atoms with Crippen LogP contribution in [0.1, 0.15) is 56.2 Å². The molecule has 3 N–H and O–H groups in total. The summed E-state index contributed by atoms with van der Waals surface area (Å²) in [5.74, 6) is -2.65. The number of piperidine rings is 1. The number of ether oxygens (including phenoxy) is 2. The number of hydrogen-bond donors (Lipinski definition) is 2. The van der Waals surface area contributed by atoms with Crippen LogP contribution in [0, 0.1) is 5.92 Å². The fraction of sp³-hybridized carbons (Fsp3) is 0.556. The van der Waals surface area contributed by atoms with E-state index in [4.69, 9.17) is 15.2 Å². The number of fused-ring (bicyclic) bond motifs is 2. The lowest BCUT2D eigenvalue weighted by Gasteiger charge is -2.36. The first-order chi connectivity index (χ1) is 17.3. The van der Waals surface area contributed by atoms with Gasteiger partial charge >= 0.3 is 11.9 Å². The van der Waals surface area contributed by atoms with Crippen molar-refractivity contribution >= 4 is 17.7 Å². The zero-order valence-corrected chi connectivity index (χ0v) is 21.0. The Hall–Kier alpha value is -3.04. The molecule has 2 saturated heterocycles. The van der Waals surface area contributed by atoms with Crippen LogP contribution in [0.2, 0.25) is 0 Å². The monoisotopic (exact) mass is 496 g/mol. The highest BCUT2D eigenvalue weighted by Gasteiger charge is 2.40. The lowest BCUT2D eigenvalue weighted by atomic mass is 9.94. The lowest BCUT2D eigenvalue weighted by Crippen LogP contribution is -2.44. The molecule has 2 aromatic rings. The highest BCUT2D eigenvalue weighted by atomic mass is 16.6. The maximum atomic E-state index is 13.3. The average Bonchev–Trinajstić information content (AvgIpc) is 3.43. The van der Waals surface area contributed by atoms with Crippen LogP contribution in [0.5, 0.6) is 0 Å². The second-order valence-corrected chi connectivity index (χ2v) is 10.1. The number of nitrogens with zero attached hydrogens (tertiary/aromatic N) is 2. The zero-order chi connectivity index (χ0) is 25.7. The quantitative estimate of drug-likeness (QED) is 0.454. The van der Waals surface area contributed by atoms with E-state index in [-0.39, 0.29) is 37.3 Å². The molecule has 9 heteroatoms. The summed E-state index contributed by atoms with van der Waals surface area (Å²) in [6.07, 6.45) is 7.11. The van der Waals surface area contributed by atoms with E-state index in [2.05, 4.69) is 21.9 Å². The molecule has 194 valence electrons. The number of nitrogens with one attached hydrogen (secondary N) is 1. The minimum absolute atomic E-state index is 0.0473. The van der Waals surface area contributed by atoms with Crippen molar-refractivity contribution in [3.05, 3.63) is 54.1 Å². The van der Waals surface area contributed by atoms with Crippen molar-refractivity contribution in [1.29, 1.82) is 0 Å². The minimum Gasteiger partial charge on any atom is -0.464 e. The normalized spacial score (nSPS) is 24.0. The van der Waals surface area contributed by atoms with Crippen LogP contribution in [0.25, 0.3) is 0 Å². The number of aromatic amines is 1. The maximum absolute atomic E-state index is 13.3. The third kappa shape index (κ3) is 6.39. The van der Waals surface area contributed by atoms with Crippen molar-refractivity contribution < 1.29 is 23.9 Å². The van der Waals surface area contributed by atoms with Crippen LogP contribution in [-0.4, -0.2) is 70.5 Å². The van der Waals surface area contributed by atoms with E-state index in [1.165, 1.54) is 6.33 Å². The topological polar surface area (TPSA) is 128 Å². The number of rotatable bonds is 11. The van der Waals surface area contributed by atoms with Crippen molar-refractivity contribution in [3.8, 4) is 0 Å². The van der Waals surface area contributed by atoms with Crippen LogP contribution in [0.4, 0.5) is 0 Å². The van der Waals surface area contributed by atoms with Gasteiger partial charge in [0.2, 0.25) is 0 Å². The highest BCUT2D eigenvalue weighted by molar-refractivity contribution is 5.88. The molecular formula is C27H36N4O5. The first kappa shape index (κ1) is 26.0. The van der Waals surface area contributed by atoms with Gasteiger partial charge in [0.15, 0.2) is 0 Å². The van der Waals surface area contributed by atoms with Crippen molar-refractivity contribution in [2.24, 2.45) is 11.7 Å². The molecule has 0 saturated carbocycles. The summed E-state index contributed by atoms with van der Waals surface area (Å²) >= 11 is 0. The van der Waals surface area contributed by atoms with Crippen molar-refractivity contribution in [2.45, 2.75) is 75.6 Å². The second-order valence-electron chi connectivity index (χ2n) is 10.1. The number of esters is 2. The molecule has 0 spiro atoms. The summed E-state index contributed by atoms with van der Waals surface area (Å²) in [4.78, 5) is 48.1. The number of imidazole rings is 1. The molecule has 2 bridgehead atoms. The van der Waals surface area contributed by atoms with E-state index >= 15 is 0 Å². The van der Waals surface area contributed by atoms with Crippen LogP contribution < -0.4 is 5.73 Å². The Morgan fingerprint density at radius 3 is 2.44 bits per heavy atom. The molecular weight excluding hydrogens is 460 g/mol. The van der Waals surface area contributed by atoms with Gasteiger partial charge in [0.1, 0.15) is 24.4 Å². The summed E-state index contributed by atoms with van der Waals surface area (Å²) < 4.78 is 11.6. The Bertz CT molecular complexity index is 1010. The summed E-state index contributed by atoms with van der Waals surface area (Å²) in [7, 11) is 2.14. The maximum Gasteiger partial charge on any atom is 0.317 e. The van der Waals surface area contributed by atoms with Gasteiger partial charge in [0, 0.05) is 36.8 Å². The van der Waals surface area contributed by atoms with E-state index in [1.807, 2.05) is 30.3 Å².